The lowest BCUT2D eigenvalue weighted by molar-refractivity contribution is 0.166. The van der Waals surface area contributed by atoms with Crippen LogP contribution in [-0.4, -0.2) is 101 Å². The summed E-state index contributed by atoms with van der Waals surface area (Å²) in [6.07, 6.45) is 0. The summed E-state index contributed by atoms with van der Waals surface area (Å²) in [5, 5.41) is 20.6. The van der Waals surface area contributed by atoms with Crippen molar-refractivity contribution < 1.29 is 19.7 Å². The second kappa shape index (κ2) is 15.7. The molecule has 4 aromatic rings. The molecule has 14 nitrogen and oxygen atoms in total. The van der Waals surface area contributed by atoms with Crippen LogP contribution in [-0.2, 0) is 9.47 Å². The molecule has 2 heterocycles. The zero-order valence-electron chi connectivity index (χ0n) is 24.9. The van der Waals surface area contributed by atoms with Crippen LogP contribution in [0.4, 0.5) is 23.8 Å². The molecule has 14 heteroatoms. The van der Waals surface area contributed by atoms with E-state index in [4.69, 9.17) is 29.4 Å². The number of nitrogens with zero attached hydrogens (tertiary/aromatic N) is 10. The van der Waals surface area contributed by atoms with Crippen LogP contribution in [0.3, 0.4) is 0 Å². The second-order valence-electron chi connectivity index (χ2n) is 9.30. The standard InChI is InChI=1S/C29H38N10O4/c1-5-36(26-30-24(22-13-9-7-10-14-22)33-29(34-26)39(19-41)21-43-4)17-38(18-40)28-32-25(23-15-11-8-12-16-23)31-27(35-28)37(6-2)20-42-3/h7-16,40-41H,5-6,17-21H2,1-4H3. The lowest BCUT2D eigenvalue weighted by Crippen LogP contribution is -2.41. The van der Waals surface area contributed by atoms with Crippen molar-refractivity contribution in [1.82, 2.24) is 29.9 Å². The van der Waals surface area contributed by atoms with Gasteiger partial charge in [-0.15, -0.1) is 0 Å². The molecule has 2 aromatic carbocycles. The third-order valence-electron chi connectivity index (χ3n) is 6.44. The molecule has 43 heavy (non-hydrogen) atoms. The normalized spacial score (nSPS) is 10.9. The van der Waals surface area contributed by atoms with Gasteiger partial charge in [-0.05, 0) is 13.8 Å². The quantitative estimate of drug-likeness (QED) is 0.184. The van der Waals surface area contributed by atoms with Gasteiger partial charge in [0.25, 0.3) is 0 Å². The number of aromatic nitrogens is 6. The molecule has 0 atom stereocenters. The van der Waals surface area contributed by atoms with Crippen LogP contribution in [0.15, 0.2) is 60.7 Å². The predicted octanol–water partition coefficient (Wildman–Crippen LogP) is 2.42. The first-order chi connectivity index (χ1) is 21.0. The minimum Gasteiger partial charge on any atom is -0.376 e. The molecule has 4 rings (SSSR count). The van der Waals surface area contributed by atoms with Crippen molar-refractivity contribution in [3.63, 3.8) is 0 Å². The van der Waals surface area contributed by atoms with E-state index in [0.717, 1.165) is 11.1 Å². The number of ether oxygens (including phenoxy) is 2. The topological polar surface area (TPSA) is 149 Å². The number of aliphatic hydroxyl groups excluding tert-OH is 2. The average Bonchev–Trinajstić information content (AvgIpc) is 3.07. The maximum absolute atomic E-state index is 10.6. The Labute approximate surface area is 251 Å². The maximum Gasteiger partial charge on any atom is 0.234 e. The van der Waals surface area contributed by atoms with E-state index in [1.807, 2.05) is 84.3 Å². The molecule has 0 saturated heterocycles. The lowest BCUT2D eigenvalue weighted by atomic mass is 10.2. The third kappa shape index (κ3) is 7.87. The van der Waals surface area contributed by atoms with E-state index in [1.165, 1.54) is 12.0 Å². The molecular formula is C29H38N10O4. The number of methoxy groups -OCH3 is 2. The molecule has 228 valence electrons. The van der Waals surface area contributed by atoms with Gasteiger partial charge >= 0.3 is 0 Å². The van der Waals surface area contributed by atoms with Gasteiger partial charge in [0.1, 0.15) is 26.9 Å². The second-order valence-corrected chi connectivity index (χ2v) is 9.30. The number of rotatable bonds is 16. The van der Waals surface area contributed by atoms with Crippen LogP contribution in [0.5, 0.6) is 0 Å². The highest BCUT2D eigenvalue weighted by molar-refractivity contribution is 5.60. The molecule has 0 aliphatic heterocycles. The van der Waals surface area contributed by atoms with Crippen molar-refractivity contribution >= 4 is 23.8 Å². The smallest absolute Gasteiger partial charge is 0.234 e. The largest absolute Gasteiger partial charge is 0.376 e. The Hall–Kier alpha value is -4.50. The summed E-state index contributed by atoms with van der Waals surface area (Å²) in [4.78, 5) is 34.9. The van der Waals surface area contributed by atoms with E-state index in [1.54, 1.807) is 12.0 Å². The van der Waals surface area contributed by atoms with E-state index in [9.17, 15) is 10.2 Å². The Morgan fingerprint density at radius 2 is 0.930 bits per heavy atom. The Morgan fingerprint density at radius 3 is 1.35 bits per heavy atom. The minimum absolute atomic E-state index is 0.0777. The third-order valence-corrected chi connectivity index (χ3v) is 6.44. The molecule has 0 fully saturated rings. The molecule has 0 unspecified atom stereocenters. The van der Waals surface area contributed by atoms with Gasteiger partial charge in [0, 0.05) is 38.4 Å². The Bertz CT molecular complexity index is 1310. The van der Waals surface area contributed by atoms with Crippen molar-refractivity contribution in [3.05, 3.63) is 60.7 Å². The molecule has 0 bridgehead atoms. The van der Waals surface area contributed by atoms with Crippen molar-refractivity contribution in [3.8, 4) is 22.8 Å². The fourth-order valence-electron chi connectivity index (χ4n) is 4.15. The number of anilines is 4. The molecule has 2 N–H and O–H groups in total. The van der Waals surface area contributed by atoms with Crippen molar-refractivity contribution in [2.45, 2.75) is 13.8 Å². The highest BCUT2D eigenvalue weighted by Crippen LogP contribution is 2.24. The van der Waals surface area contributed by atoms with E-state index < -0.39 is 0 Å². The zero-order chi connectivity index (χ0) is 30.6. The van der Waals surface area contributed by atoms with E-state index in [0.29, 0.717) is 36.6 Å². The fraction of sp³-hybridized carbons (Fsp3) is 0.379. The maximum atomic E-state index is 10.6. The SMILES string of the molecule is CCN(COC)c1nc(-c2ccccc2)nc(N(CO)CN(CC)c2nc(-c3ccccc3)nc(N(CO)COC)n2)n1. The minimum atomic E-state index is -0.388. The Kier molecular flexibility index (Phi) is 11.4. The highest BCUT2D eigenvalue weighted by atomic mass is 16.5. The summed E-state index contributed by atoms with van der Waals surface area (Å²) < 4.78 is 10.6. The van der Waals surface area contributed by atoms with Gasteiger partial charge in [-0.25, -0.2) is 0 Å². The summed E-state index contributed by atoms with van der Waals surface area (Å²) in [7, 11) is 3.14. The summed E-state index contributed by atoms with van der Waals surface area (Å²) >= 11 is 0. The van der Waals surface area contributed by atoms with Crippen LogP contribution >= 0.6 is 0 Å². The van der Waals surface area contributed by atoms with Crippen molar-refractivity contribution in [2.24, 2.45) is 0 Å². The van der Waals surface area contributed by atoms with Crippen LogP contribution in [0.1, 0.15) is 13.8 Å². The molecule has 0 amide bonds. The van der Waals surface area contributed by atoms with Crippen molar-refractivity contribution in [1.29, 1.82) is 0 Å². The van der Waals surface area contributed by atoms with Crippen LogP contribution in [0, 0.1) is 0 Å². The van der Waals surface area contributed by atoms with Gasteiger partial charge in [0.2, 0.25) is 23.8 Å². The van der Waals surface area contributed by atoms with Gasteiger partial charge in [0.15, 0.2) is 11.6 Å². The number of aliphatic hydroxyl groups is 2. The summed E-state index contributed by atoms with van der Waals surface area (Å²) in [5.41, 5.74) is 1.59. The molecule has 2 aromatic heterocycles. The van der Waals surface area contributed by atoms with Crippen molar-refractivity contribution in [2.75, 3.05) is 80.5 Å². The molecule has 0 saturated carbocycles. The van der Waals surface area contributed by atoms with E-state index in [2.05, 4.69) is 9.97 Å². The van der Waals surface area contributed by atoms with Gasteiger partial charge in [-0.1, -0.05) is 60.7 Å². The first-order valence-electron chi connectivity index (χ1n) is 13.9. The van der Waals surface area contributed by atoms with Crippen LogP contribution in [0.2, 0.25) is 0 Å². The monoisotopic (exact) mass is 590 g/mol. The zero-order valence-corrected chi connectivity index (χ0v) is 24.9. The summed E-state index contributed by atoms with van der Waals surface area (Å²) in [6.45, 7) is 4.77. The average molecular weight is 591 g/mol. The van der Waals surface area contributed by atoms with Crippen LogP contribution < -0.4 is 19.6 Å². The van der Waals surface area contributed by atoms with E-state index in [-0.39, 0.29) is 45.5 Å². The number of hydrogen-bond donors (Lipinski definition) is 2. The summed E-state index contributed by atoms with van der Waals surface area (Å²) in [5.74, 6) is 2.16. The predicted molar refractivity (Wildman–Crippen MR) is 164 cm³/mol. The molecular weight excluding hydrogens is 552 g/mol. The van der Waals surface area contributed by atoms with Crippen LogP contribution in [0.25, 0.3) is 22.8 Å². The number of hydrogen-bond acceptors (Lipinski definition) is 14. The first kappa shape index (κ1) is 31.4. The fourth-order valence-corrected chi connectivity index (χ4v) is 4.15. The Balaban J connectivity index is 1.76. The number of benzene rings is 2. The van der Waals surface area contributed by atoms with Gasteiger partial charge in [0.05, 0.1) is 6.67 Å². The van der Waals surface area contributed by atoms with Gasteiger partial charge in [-0.2, -0.15) is 29.9 Å². The lowest BCUT2D eigenvalue weighted by Gasteiger charge is -2.30. The highest BCUT2D eigenvalue weighted by Gasteiger charge is 2.22. The van der Waals surface area contributed by atoms with E-state index >= 15 is 0 Å². The molecule has 0 aliphatic carbocycles. The first-order valence-corrected chi connectivity index (χ1v) is 13.9. The molecule has 0 spiro atoms. The Morgan fingerprint density at radius 1 is 0.535 bits per heavy atom. The molecule has 0 aliphatic rings. The van der Waals surface area contributed by atoms with Gasteiger partial charge < -0.3 is 29.5 Å². The summed E-state index contributed by atoms with van der Waals surface area (Å²) in [6, 6.07) is 19.1. The molecule has 0 radical (unpaired) electrons. The van der Waals surface area contributed by atoms with Gasteiger partial charge in [-0.3, -0.25) is 9.80 Å².